The summed E-state index contributed by atoms with van der Waals surface area (Å²) < 4.78 is 5.39. The quantitative estimate of drug-likeness (QED) is 0.748. The summed E-state index contributed by atoms with van der Waals surface area (Å²) in [6.07, 6.45) is 1.34. The summed E-state index contributed by atoms with van der Waals surface area (Å²) in [4.78, 5) is 22.4. The highest BCUT2D eigenvalue weighted by Crippen LogP contribution is 2.22. The molecule has 1 aromatic carbocycles. The number of carbonyl (C=O) groups excluding carboxylic acids is 2. The molecule has 1 aromatic rings. The van der Waals surface area contributed by atoms with Gasteiger partial charge in [0.15, 0.2) is 0 Å². The number of rotatable bonds is 6. The Kier molecular flexibility index (Phi) is 6.36. The first-order valence-corrected chi connectivity index (χ1v) is 6.72. The predicted molar refractivity (Wildman–Crippen MR) is 73.7 cm³/mol. The van der Waals surface area contributed by atoms with Crippen molar-refractivity contribution in [3.63, 3.8) is 0 Å². The summed E-state index contributed by atoms with van der Waals surface area (Å²) in [6, 6.07) is 5.58. The molecule has 0 aliphatic heterocycles. The third-order valence-corrected chi connectivity index (χ3v) is 3.37. The Morgan fingerprint density at radius 1 is 1.28 bits per heavy atom. The van der Waals surface area contributed by atoms with Crippen LogP contribution in [0.15, 0.2) is 22.7 Å². The van der Waals surface area contributed by atoms with Crippen LogP contribution < -0.4 is 0 Å². The van der Waals surface area contributed by atoms with E-state index in [4.69, 9.17) is 11.6 Å². The van der Waals surface area contributed by atoms with E-state index in [1.54, 1.807) is 6.07 Å². The Bertz CT molecular complexity index is 446. The van der Waals surface area contributed by atoms with Gasteiger partial charge in [-0.2, -0.15) is 0 Å². The van der Waals surface area contributed by atoms with Crippen molar-refractivity contribution >= 4 is 39.3 Å². The highest BCUT2D eigenvalue weighted by Gasteiger charge is 2.08. The number of benzene rings is 1. The number of methoxy groups -OCH3 is 1. The van der Waals surface area contributed by atoms with Crippen LogP contribution in [0.4, 0.5) is 0 Å². The largest absolute Gasteiger partial charge is 0.469 e. The smallest absolute Gasteiger partial charge is 0.305 e. The van der Waals surface area contributed by atoms with Crippen LogP contribution in [0.2, 0.25) is 5.02 Å². The van der Waals surface area contributed by atoms with Gasteiger partial charge < -0.3 is 4.74 Å². The van der Waals surface area contributed by atoms with Gasteiger partial charge in [0.1, 0.15) is 5.78 Å². The number of hydrogen-bond donors (Lipinski definition) is 0. The topological polar surface area (TPSA) is 43.4 Å². The molecule has 0 atom stereocenters. The summed E-state index contributed by atoms with van der Waals surface area (Å²) in [5, 5.41) is 0.644. The second-order valence-electron chi connectivity index (χ2n) is 3.85. The Hall–Kier alpha value is -0.870. The lowest BCUT2D eigenvalue weighted by molar-refractivity contribution is -0.141. The lowest BCUT2D eigenvalue weighted by atomic mass is 10.1. The normalized spacial score (nSPS) is 10.2. The van der Waals surface area contributed by atoms with Gasteiger partial charge in [-0.1, -0.05) is 33.6 Å². The van der Waals surface area contributed by atoms with Crippen molar-refractivity contribution in [2.24, 2.45) is 0 Å². The first-order valence-electron chi connectivity index (χ1n) is 5.55. The van der Waals surface area contributed by atoms with Crippen molar-refractivity contribution in [2.75, 3.05) is 7.11 Å². The van der Waals surface area contributed by atoms with Crippen LogP contribution in [0.25, 0.3) is 0 Å². The van der Waals surface area contributed by atoms with Crippen LogP contribution in [-0.2, 0) is 20.7 Å². The maximum absolute atomic E-state index is 11.6. The number of halogens is 2. The maximum atomic E-state index is 11.6. The van der Waals surface area contributed by atoms with E-state index in [0.29, 0.717) is 17.9 Å². The van der Waals surface area contributed by atoms with Gasteiger partial charge in [-0.3, -0.25) is 9.59 Å². The van der Waals surface area contributed by atoms with Crippen LogP contribution in [0, 0.1) is 0 Å². The summed E-state index contributed by atoms with van der Waals surface area (Å²) >= 11 is 9.37. The number of ketones is 1. The number of aryl methyl sites for hydroxylation is 1. The fraction of sp³-hybridized carbons (Fsp3) is 0.385. The molecule has 3 nitrogen and oxygen atoms in total. The molecule has 18 heavy (non-hydrogen) atoms. The summed E-state index contributed by atoms with van der Waals surface area (Å²) in [6.45, 7) is 0. The van der Waals surface area contributed by atoms with E-state index in [0.717, 1.165) is 10.0 Å². The zero-order valence-corrected chi connectivity index (χ0v) is 12.4. The Balaban J connectivity index is 2.40. The van der Waals surface area contributed by atoms with Gasteiger partial charge in [-0.05, 0) is 24.1 Å². The van der Waals surface area contributed by atoms with E-state index >= 15 is 0 Å². The Morgan fingerprint density at radius 2 is 2.00 bits per heavy atom. The standard InChI is InChI=1S/C13H14BrClO3/c1-18-13(17)7-6-11(16)5-3-9-2-4-10(14)8-12(9)15/h2,4,8H,3,5-7H2,1H3. The van der Waals surface area contributed by atoms with Gasteiger partial charge >= 0.3 is 5.97 Å². The molecule has 0 heterocycles. The number of Topliss-reactive ketones (excluding diaryl/α,β-unsaturated/α-hetero) is 1. The van der Waals surface area contributed by atoms with Gasteiger partial charge in [0.25, 0.3) is 0 Å². The molecule has 0 saturated heterocycles. The predicted octanol–water partition coefficient (Wildman–Crippen LogP) is 3.56. The third-order valence-electron chi connectivity index (χ3n) is 2.52. The summed E-state index contributed by atoms with van der Waals surface area (Å²) in [5.41, 5.74) is 0.936. The molecule has 5 heteroatoms. The van der Waals surface area contributed by atoms with Crippen molar-refractivity contribution < 1.29 is 14.3 Å². The fourth-order valence-electron chi connectivity index (χ4n) is 1.47. The molecule has 0 fully saturated rings. The molecule has 0 unspecified atom stereocenters. The molecule has 0 saturated carbocycles. The fourth-order valence-corrected chi connectivity index (χ4v) is 2.23. The van der Waals surface area contributed by atoms with Gasteiger partial charge in [-0.25, -0.2) is 0 Å². The molecule has 0 bridgehead atoms. The van der Waals surface area contributed by atoms with E-state index < -0.39 is 0 Å². The van der Waals surface area contributed by atoms with Crippen molar-refractivity contribution in [3.8, 4) is 0 Å². The molecule has 0 spiro atoms. The monoisotopic (exact) mass is 332 g/mol. The van der Waals surface area contributed by atoms with Crippen molar-refractivity contribution in [1.82, 2.24) is 0 Å². The maximum Gasteiger partial charge on any atom is 0.305 e. The molecule has 0 aliphatic rings. The van der Waals surface area contributed by atoms with E-state index in [1.165, 1.54) is 7.11 Å². The van der Waals surface area contributed by atoms with Gasteiger partial charge in [0.2, 0.25) is 0 Å². The SMILES string of the molecule is COC(=O)CCC(=O)CCc1ccc(Br)cc1Cl. The van der Waals surface area contributed by atoms with E-state index in [-0.39, 0.29) is 24.6 Å². The van der Waals surface area contributed by atoms with E-state index in [1.807, 2.05) is 12.1 Å². The molecule has 0 N–H and O–H groups in total. The molecule has 1 rings (SSSR count). The molecule has 98 valence electrons. The third kappa shape index (κ3) is 5.19. The molecule has 0 radical (unpaired) electrons. The first-order chi connectivity index (χ1) is 8.52. The van der Waals surface area contributed by atoms with Crippen LogP contribution in [0.1, 0.15) is 24.8 Å². The van der Waals surface area contributed by atoms with Crippen molar-refractivity contribution in [2.45, 2.75) is 25.7 Å². The first kappa shape index (κ1) is 15.2. The Labute approximate surface area is 120 Å². The van der Waals surface area contributed by atoms with E-state index in [9.17, 15) is 9.59 Å². The molecular formula is C13H14BrClO3. The number of carbonyl (C=O) groups is 2. The highest BCUT2D eigenvalue weighted by atomic mass is 79.9. The van der Waals surface area contributed by atoms with Crippen LogP contribution in [0.5, 0.6) is 0 Å². The molecular weight excluding hydrogens is 319 g/mol. The number of hydrogen-bond acceptors (Lipinski definition) is 3. The van der Waals surface area contributed by atoms with Crippen LogP contribution in [0.3, 0.4) is 0 Å². The molecule has 0 aliphatic carbocycles. The minimum Gasteiger partial charge on any atom is -0.469 e. The van der Waals surface area contributed by atoms with Gasteiger partial charge in [-0.15, -0.1) is 0 Å². The second-order valence-corrected chi connectivity index (χ2v) is 5.17. The summed E-state index contributed by atoms with van der Waals surface area (Å²) in [7, 11) is 1.31. The average molecular weight is 334 g/mol. The average Bonchev–Trinajstić information content (AvgIpc) is 2.34. The summed E-state index contributed by atoms with van der Waals surface area (Å²) in [5.74, 6) is -0.315. The minimum absolute atomic E-state index is 0.0411. The van der Waals surface area contributed by atoms with E-state index in [2.05, 4.69) is 20.7 Å². The minimum atomic E-state index is -0.356. The zero-order valence-electron chi connectivity index (χ0n) is 10.0. The second kappa shape index (κ2) is 7.54. The number of esters is 1. The highest BCUT2D eigenvalue weighted by molar-refractivity contribution is 9.10. The van der Waals surface area contributed by atoms with Gasteiger partial charge in [0.05, 0.1) is 13.5 Å². The van der Waals surface area contributed by atoms with Gasteiger partial charge in [0, 0.05) is 22.3 Å². The lowest BCUT2D eigenvalue weighted by Crippen LogP contribution is -2.06. The van der Waals surface area contributed by atoms with Crippen LogP contribution >= 0.6 is 27.5 Å². The Morgan fingerprint density at radius 3 is 2.61 bits per heavy atom. The van der Waals surface area contributed by atoms with Crippen molar-refractivity contribution in [1.29, 1.82) is 0 Å². The van der Waals surface area contributed by atoms with Crippen LogP contribution in [-0.4, -0.2) is 18.9 Å². The molecule has 0 aromatic heterocycles. The van der Waals surface area contributed by atoms with Crippen molar-refractivity contribution in [3.05, 3.63) is 33.3 Å². The molecule has 0 amide bonds. The zero-order chi connectivity index (χ0) is 13.5. The number of ether oxygens (including phenoxy) is 1. The lowest BCUT2D eigenvalue weighted by Gasteiger charge is -2.04.